The molecular formula is C10H10ClN3O. The molecule has 1 aromatic rings. The van der Waals surface area contributed by atoms with Crippen LogP contribution in [0.1, 0.15) is 5.56 Å². The van der Waals surface area contributed by atoms with Crippen LogP contribution in [-0.4, -0.2) is 11.9 Å². The van der Waals surface area contributed by atoms with Crippen LogP contribution in [0.2, 0.25) is 5.02 Å². The lowest BCUT2D eigenvalue weighted by molar-refractivity contribution is -0.115. The predicted octanol–water partition coefficient (Wildman–Crippen LogP) is 1.36. The molecule has 0 radical (unpaired) electrons. The van der Waals surface area contributed by atoms with Crippen molar-refractivity contribution in [2.45, 2.75) is 0 Å². The van der Waals surface area contributed by atoms with Crippen molar-refractivity contribution in [3.63, 3.8) is 0 Å². The number of amides is 1. The largest absolute Gasteiger partial charge is 0.370 e. The molecule has 78 valence electrons. The quantitative estimate of drug-likeness (QED) is 0.402. The average Bonchev–Trinajstić information content (AvgIpc) is 2.15. The predicted molar refractivity (Wildman–Crippen MR) is 60.5 cm³/mol. The SMILES string of the molecule is N=C(N)NC(=O)/C=C/c1ccccc1Cl. The van der Waals surface area contributed by atoms with Crippen molar-refractivity contribution >= 4 is 29.5 Å². The molecule has 0 spiro atoms. The molecule has 0 saturated heterocycles. The number of carbonyl (C=O) groups excluding carboxylic acids is 1. The molecule has 0 unspecified atom stereocenters. The fraction of sp³-hybridized carbons (Fsp3) is 0. The second kappa shape index (κ2) is 5.17. The third-order valence-electron chi connectivity index (χ3n) is 1.58. The summed E-state index contributed by atoms with van der Waals surface area (Å²) >= 11 is 5.86. The van der Waals surface area contributed by atoms with Crippen LogP contribution in [0.5, 0.6) is 0 Å². The zero-order chi connectivity index (χ0) is 11.3. The molecule has 0 aliphatic rings. The van der Waals surface area contributed by atoms with E-state index in [1.807, 2.05) is 6.07 Å². The number of guanidine groups is 1. The molecule has 0 aliphatic carbocycles. The van der Waals surface area contributed by atoms with Gasteiger partial charge in [-0.15, -0.1) is 0 Å². The summed E-state index contributed by atoms with van der Waals surface area (Å²) in [5.41, 5.74) is 5.72. The van der Waals surface area contributed by atoms with Gasteiger partial charge in [0.05, 0.1) is 0 Å². The summed E-state index contributed by atoms with van der Waals surface area (Å²) in [4.78, 5) is 11.1. The van der Waals surface area contributed by atoms with E-state index in [1.165, 1.54) is 6.08 Å². The second-order valence-electron chi connectivity index (χ2n) is 2.76. The highest BCUT2D eigenvalue weighted by atomic mass is 35.5. The van der Waals surface area contributed by atoms with Crippen molar-refractivity contribution in [3.8, 4) is 0 Å². The first kappa shape index (κ1) is 11.3. The molecule has 5 heteroatoms. The maximum atomic E-state index is 11.1. The van der Waals surface area contributed by atoms with Crippen molar-refractivity contribution in [1.29, 1.82) is 5.41 Å². The highest BCUT2D eigenvalue weighted by Crippen LogP contribution is 2.15. The van der Waals surface area contributed by atoms with Gasteiger partial charge in [-0.3, -0.25) is 15.5 Å². The number of benzene rings is 1. The molecule has 15 heavy (non-hydrogen) atoms. The summed E-state index contributed by atoms with van der Waals surface area (Å²) in [5, 5.41) is 9.52. The molecule has 0 fully saturated rings. The van der Waals surface area contributed by atoms with Gasteiger partial charge >= 0.3 is 0 Å². The fourth-order valence-electron chi connectivity index (χ4n) is 0.950. The monoisotopic (exact) mass is 223 g/mol. The fourth-order valence-corrected chi connectivity index (χ4v) is 1.15. The van der Waals surface area contributed by atoms with Gasteiger partial charge in [0.1, 0.15) is 0 Å². The topological polar surface area (TPSA) is 79.0 Å². The zero-order valence-corrected chi connectivity index (χ0v) is 8.58. The lowest BCUT2D eigenvalue weighted by atomic mass is 10.2. The minimum Gasteiger partial charge on any atom is -0.370 e. The van der Waals surface area contributed by atoms with E-state index in [2.05, 4.69) is 5.32 Å². The van der Waals surface area contributed by atoms with Crippen molar-refractivity contribution < 1.29 is 4.79 Å². The Morgan fingerprint density at radius 1 is 1.47 bits per heavy atom. The van der Waals surface area contributed by atoms with Gasteiger partial charge in [0.2, 0.25) is 0 Å². The summed E-state index contributed by atoms with van der Waals surface area (Å²) in [6.07, 6.45) is 2.82. The van der Waals surface area contributed by atoms with E-state index in [1.54, 1.807) is 24.3 Å². The molecule has 1 amide bonds. The van der Waals surface area contributed by atoms with Crippen LogP contribution >= 0.6 is 11.6 Å². The molecule has 0 heterocycles. The highest BCUT2D eigenvalue weighted by Gasteiger charge is 1.97. The van der Waals surface area contributed by atoms with Crippen LogP contribution in [0.4, 0.5) is 0 Å². The van der Waals surface area contributed by atoms with Crippen LogP contribution in [0, 0.1) is 5.41 Å². The van der Waals surface area contributed by atoms with Gasteiger partial charge in [0.25, 0.3) is 5.91 Å². The highest BCUT2D eigenvalue weighted by molar-refractivity contribution is 6.32. The van der Waals surface area contributed by atoms with E-state index in [0.717, 1.165) is 5.56 Å². The minimum absolute atomic E-state index is 0.385. The first-order chi connectivity index (χ1) is 7.09. The second-order valence-corrected chi connectivity index (χ2v) is 3.16. The smallest absolute Gasteiger partial charge is 0.250 e. The van der Waals surface area contributed by atoms with Gasteiger partial charge in [0, 0.05) is 11.1 Å². The zero-order valence-electron chi connectivity index (χ0n) is 7.83. The lowest BCUT2D eigenvalue weighted by Crippen LogP contribution is -2.34. The van der Waals surface area contributed by atoms with Crippen molar-refractivity contribution in [3.05, 3.63) is 40.9 Å². The Morgan fingerprint density at radius 3 is 2.73 bits per heavy atom. The van der Waals surface area contributed by atoms with E-state index in [9.17, 15) is 4.79 Å². The summed E-state index contributed by atoms with van der Waals surface area (Å²) < 4.78 is 0. The Labute approximate surface area is 92.2 Å². The molecule has 4 N–H and O–H groups in total. The molecule has 1 aromatic carbocycles. The molecule has 0 saturated carbocycles. The summed E-state index contributed by atoms with van der Waals surface area (Å²) in [6, 6.07) is 7.12. The average molecular weight is 224 g/mol. The van der Waals surface area contributed by atoms with E-state index < -0.39 is 5.91 Å². The van der Waals surface area contributed by atoms with Crippen LogP contribution < -0.4 is 11.1 Å². The van der Waals surface area contributed by atoms with Crippen LogP contribution in [-0.2, 0) is 4.79 Å². The number of hydrogen-bond acceptors (Lipinski definition) is 2. The maximum absolute atomic E-state index is 11.1. The van der Waals surface area contributed by atoms with Crippen LogP contribution in [0.25, 0.3) is 6.08 Å². The molecule has 0 aromatic heterocycles. The van der Waals surface area contributed by atoms with Crippen LogP contribution in [0.3, 0.4) is 0 Å². The third kappa shape index (κ3) is 3.83. The van der Waals surface area contributed by atoms with Crippen molar-refractivity contribution in [2.75, 3.05) is 0 Å². The van der Waals surface area contributed by atoms with Gasteiger partial charge in [-0.1, -0.05) is 29.8 Å². The minimum atomic E-state index is -0.456. The molecule has 0 aliphatic heterocycles. The summed E-state index contributed by atoms with van der Waals surface area (Å²) in [7, 11) is 0. The van der Waals surface area contributed by atoms with E-state index in [-0.39, 0.29) is 5.96 Å². The standard InChI is InChI=1S/C10H10ClN3O/c11-8-4-2-1-3-7(8)5-6-9(15)14-10(12)13/h1-6H,(H4,12,13,14,15)/b6-5+. The number of halogens is 1. The Bertz CT molecular complexity index is 415. The molecule has 4 nitrogen and oxygen atoms in total. The molecular weight excluding hydrogens is 214 g/mol. The number of hydrogen-bond donors (Lipinski definition) is 3. The molecule has 0 atom stereocenters. The van der Waals surface area contributed by atoms with E-state index in [4.69, 9.17) is 22.7 Å². The lowest BCUT2D eigenvalue weighted by Gasteiger charge is -1.98. The third-order valence-corrected chi connectivity index (χ3v) is 1.92. The maximum Gasteiger partial charge on any atom is 0.250 e. The van der Waals surface area contributed by atoms with Gasteiger partial charge in [-0.05, 0) is 17.7 Å². The normalized spacial score (nSPS) is 10.2. The Morgan fingerprint density at radius 2 is 2.13 bits per heavy atom. The van der Waals surface area contributed by atoms with Crippen molar-refractivity contribution in [2.24, 2.45) is 5.73 Å². The molecule has 0 bridgehead atoms. The number of nitrogens with two attached hydrogens (primary N) is 1. The first-order valence-corrected chi connectivity index (χ1v) is 4.55. The van der Waals surface area contributed by atoms with Gasteiger partial charge < -0.3 is 5.73 Å². The van der Waals surface area contributed by atoms with Crippen molar-refractivity contribution in [1.82, 2.24) is 5.32 Å². The van der Waals surface area contributed by atoms with Gasteiger partial charge in [0.15, 0.2) is 5.96 Å². The summed E-state index contributed by atoms with van der Waals surface area (Å²) in [6.45, 7) is 0. The molecule has 1 rings (SSSR count). The van der Waals surface area contributed by atoms with E-state index in [0.29, 0.717) is 5.02 Å². The van der Waals surface area contributed by atoms with Gasteiger partial charge in [-0.25, -0.2) is 0 Å². The van der Waals surface area contributed by atoms with Gasteiger partial charge in [-0.2, -0.15) is 0 Å². The first-order valence-electron chi connectivity index (χ1n) is 4.17. The summed E-state index contributed by atoms with van der Waals surface area (Å²) in [5.74, 6) is -0.841. The number of nitrogens with one attached hydrogen (secondary N) is 2. The Hall–Kier alpha value is -1.81. The Kier molecular flexibility index (Phi) is 3.88. The number of carbonyl (C=O) groups is 1. The van der Waals surface area contributed by atoms with Crippen LogP contribution in [0.15, 0.2) is 30.3 Å². The van der Waals surface area contributed by atoms with E-state index >= 15 is 0 Å². The number of rotatable bonds is 2. The Balaban J connectivity index is 2.70.